The quantitative estimate of drug-likeness (QED) is 0.533. The molecule has 4 N–H and O–H groups in total. The van der Waals surface area contributed by atoms with Crippen molar-refractivity contribution in [1.29, 1.82) is 0 Å². The molecule has 1 unspecified atom stereocenters. The van der Waals surface area contributed by atoms with Crippen LogP contribution < -0.4 is 15.8 Å². The summed E-state index contributed by atoms with van der Waals surface area (Å²) in [7, 11) is 0. The molecular weight excluding hydrogens is 403 g/mol. The van der Waals surface area contributed by atoms with E-state index in [0.29, 0.717) is 5.56 Å². The van der Waals surface area contributed by atoms with E-state index in [0.717, 1.165) is 6.07 Å². The Morgan fingerprint density at radius 1 is 1.00 bits per heavy atom. The Morgan fingerprint density at radius 3 is 2.29 bits per heavy atom. The van der Waals surface area contributed by atoms with E-state index in [1.165, 1.54) is 48.5 Å². The number of carbonyl (C=O) groups is 3. The monoisotopic (exact) mass is 422 g/mol. The summed E-state index contributed by atoms with van der Waals surface area (Å²) in [5.41, 5.74) is 6.28. The molecule has 0 fully saturated rings. The van der Waals surface area contributed by atoms with Gasteiger partial charge < -0.3 is 20.9 Å². The van der Waals surface area contributed by atoms with E-state index in [1.54, 1.807) is 19.1 Å². The van der Waals surface area contributed by atoms with Crippen LogP contribution in [-0.2, 0) is 0 Å². The normalized spacial score (nSPS) is 11.4. The molecule has 3 aromatic carbocycles. The van der Waals surface area contributed by atoms with Crippen LogP contribution in [-0.4, -0.2) is 22.9 Å². The second kappa shape index (κ2) is 9.08. The summed E-state index contributed by atoms with van der Waals surface area (Å²) in [6.45, 7) is 1.72. The lowest BCUT2D eigenvalue weighted by molar-refractivity contribution is 0.0696. The van der Waals surface area contributed by atoms with Crippen LogP contribution in [0.5, 0.6) is 11.5 Å². The molecule has 158 valence electrons. The van der Waals surface area contributed by atoms with Gasteiger partial charge in [-0.2, -0.15) is 0 Å². The van der Waals surface area contributed by atoms with Gasteiger partial charge in [0, 0.05) is 11.6 Å². The zero-order valence-electron chi connectivity index (χ0n) is 16.5. The summed E-state index contributed by atoms with van der Waals surface area (Å²) in [5, 5.41) is 11.8. The third kappa shape index (κ3) is 5.24. The van der Waals surface area contributed by atoms with E-state index in [2.05, 4.69) is 5.32 Å². The molecule has 0 heterocycles. The number of hydrogen-bond acceptors (Lipinski definition) is 4. The molecule has 3 aromatic rings. The molecule has 1 atom stereocenters. The molecule has 0 radical (unpaired) electrons. The fourth-order valence-corrected chi connectivity index (χ4v) is 2.88. The molecule has 3 rings (SSSR count). The fraction of sp³-hybridized carbons (Fsp3) is 0.0870. The van der Waals surface area contributed by atoms with Gasteiger partial charge in [0.15, 0.2) is 0 Å². The summed E-state index contributed by atoms with van der Waals surface area (Å²) in [4.78, 5) is 35.5. The van der Waals surface area contributed by atoms with E-state index >= 15 is 0 Å². The zero-order chi connectivity index (χ0) is 22.5. The van der Waals surface area contributed by atoms with Crippen molar-refractivity contribution in [2.45, 2.75) is 13.0 Å². The van der Waals surface area contributed by atoms with Crippen LogP contribution in [0, 0.1) is 5.82 Å². The van der Waals surface area contributed by atoms with Crippen molar-refractivity contribution in [1.82, 2.24) is 5.32 Å². The third-order valence-electron chi connectivity index (χ3n) is 4.54. The van der Waals surface area contributed by atoms with Gasteiger partial charge in [-0.25, -0.2) is 9.18 Å². The van der Waals surface area contributed by atoms with Crippen molar-refractivity contribution in [2.75, 3.05) is 0 Å². The van der Waals surface area contributed by atoms with Crippen molar-refractivity contribution in [3.8, 4) is 11.5 Å². The SMILES string of the molecule is CC(NC(=O)c1cc(C(N)=O)ccc1Oc1cccc(F)c1)c1ccc(C(=O)O)cc1. The minimum Gasteiger partial charge on any atom is -0.478 e. The number of nitrogens with two attached hydrogens (primary N) is 1. The predicted octanol–water partition coefficient (Wildman–Crippen LogP) is 3.91. The van der Waals surface area contributed by atoms with Crippen LogP contribution in [0.15, 0.2) is 66.7 Å². The fourth-order valence-electron chi connectivity index (χ4n) is 2.88. The lowest BCUT2D eigenvalue weighted by Crippen LogP contribution is -2.27. The van der Waals surface area contributed by atoms with E-state index in [4.69, 9.17) is 15.6 Å². The van der Waals surface area contributed by atoms with E-state index in [9.17, 15) is 18.8 Å². The number of hydrogen-bond donors (Lipinski definition) is 3. The topological polar surface area (TPSA) is 119 Å². The number of carboxylic acids is 1. The smallest absolute Gasteiger partial charge is 0.335 e. The molecule has 7 nitrogen and oxygen atoms in total. The summed E-state index contributed by atoms with van der Waals surface area (Å²) in [6, 6.07) is 15.1. The Morgan fingerprint density at radius 2 is 1.68 bits per heavy atom. The van der Waals surface area contributed by atoms with Crippen molar-refractivity contribution >= 4 is 17.8 Å². The molecule has 0 aliphatic carbocycles. The number of amides is 2. The van der Waals surface area contributed by atoms with Gasteiger partial charge in [0.1, 0.15) is 17.3 Å². The average molecular weight is 422 g/mol. The van der Waals surface area contributed by atoms with Crippen molar-refractivity contribution in [2.24, 2.45) is 5.73 Å². The molecule has 0 aliphatic heterocycles. The zero-order valence-corrected chi connectivity index (χ0v) is 16.5. The van der Waals surface area contributed by atoms with Crippen LogP contribution in [0.2, 0.25) is 0 Å². The van der Waals surface area contributed by atoms with Gasteiger partial charge in [0.25, 0.3) is 5.91 Å². The highest BCUT2D eigenvalue weighted by Gasteiger charge is 2.19. The van der Waals surface area contributed by atoms with Gasteiger partial charge in [0.05, 0.1) is 17.2 Å². The number of nitrogens with one attached hydrogen (secondary N) is 1. The highest BCUT2D eigenvalue weighted by molar-refractivity contribution is 6.01. The van der Waals surface area contributed by atoms with Crippen molar-refractivity contribution in [3.63, 3.8) is 0 Å². The summed E-state index contributed by atoms with van der Waals surface area (Å²) < 4.78 is 19.1. The number of primary amides is 1. The maximum atomic E-state index is 13.5. The Balaban J connectivity index is 1.87. The molecule has 31 heavy (non-hydrogen) atoms. The standard InChI is InChI=1S/C23H19FN2O5/c1-13(14-5-7-15(8-6-14)23(29)30)26-22(28)19-11-16(21(25)27)9-10-20(19)31-18-4-2-3-17(24)12-18/h2-13H,1H3,(H2,25,27)(H,26,28)(H,29,30). The van der Waals surface area contributed by atoms with Gasteiger partial charge in [-0.05, 0) is 55.0 Å². The summed E-state index contributed by atoms with van der Waals surface area (Å²) >= 11 is 0. The van der Waals surface area contributed by atoms with Gasteiger partial charge in [-0.3, -0.25) is 9.59 Å². The number of benzene rings is 3. The Hall–Kier alpha value is -4.20. The molecule has 2 amide bonds. The van der Waals surface area contributed by atoms with E-state index < -0.39 is 29.6 Å². The maximum absolute atomic E-state index is 13.5. The van der Waals surface area contributed by atoms with Crippen LogP contribution in [0.1, 0.15) is 49.6 Å². The van der Waals surface area contributed by atoms with Crippen molar-refractivity contribution < 1.29 is 28.6 Å². The average Bonchev–Trinajstić information content (AvgIpc) is 2.73. The number of carbonyl (C=O) groups excluding carboxylic acids is 2. The van der Waals surface area contributed by atoms with Crippen LogP contribution in [0.25, 0.3) is 0 Å². The molecule has 8 heteroatoms. The van der Waals surface area contributed by atoms with Gasteiger partial charge in [0.2, 0.25) is 5.91 Å². The van der Waals surface area contributed by atoms with Gasteiger partial charge in [-0.1, -0.05) is 18.2 Å². The lowest BCUT2D eigenvalue weighted by atomic mass is 10.0. The highest BCUT2D eigenvalue weighted by atomic mass is 19.1. The minimum atomic E-state index is -1.05. The van der Waals surface area contributed by atoms with Crippen LogP contribution in [0.3, 0.4) is 0 Å². The molecule has 0 bridgehead atoms. The molecule has 0 saturated carbocycles. The van der Waals surface area contributed by atoms with Crippen LogP contribution >= 0.6 is 0 Å². The molecule has 0 spiro atoms. The first-order valence-electron chi connectivity index (χ1n) is 9.26. The number of carboxylic acid groups (broad SMARTS) is 1. The lowest BCUT2D eigenvalue weighted by Gasteiger charge is -2.17. The number of rotatable bonds is 7. The first kappa shape index (κ1) is 21.5. The van der Waals surface area contributed by atoms with E-state index in [-0.39, 0.29) is 28.2 Å². The first-order valence-corrected chi connectivity index (χ1v) is 9.26. The Bertz CT molecular complexity index is 1140. The number of ether oxygens (including phenoxy) is 1. The number of halogens is 1. The second-order valence-electron chi connectivity index (χ2n) is 6.76. The predicted molar refractivity (Wildman–Crippen MR) is 111 cm³/mol. The minimum absolute atomic E-state index is 0.0366. The summed E-state index contributed by atoms with van der Waals surface area (Å²) in [5.74, 6) is -2.53. The Labute approximate surface area is 177 Å². The largest absolute Gasteiger partial charge is 0.478 e. The molecule has 0 saturated heterocycles. The molecular formula is C23H19FN2O5. The Kier molecular flexibility index (Phi) is 6.30. The van der Waals surface area contributed by atoms with Gasteiger partial charge in [-0.15, -0.1) is 0 Å². The van der Waals surface area contributed by atoms with Gasteiger partial charge >= 0.3 is 5.97 Å². The first-order chi connectivity index (χ1) is 14.7. The van der Waals surface area contributed by atoms with E-state index in [1.807, 2.05) is 0 Å². The van der Waals surface area contributed by atoms with Crippen molar-refractivity contribution in [3.05, 3.63) is 94.8 Å². The maximum Gasteiger partial charge on any atom is 0.335 e. The number of aromatic carboxylic acids is 1. The van der Waals surface area contributed by atoms with Crippen LogP contribution in [0.4, 0.5) is 4.39 Å². The molecule has 0 aromatic heterocycles. The summed E-state index contributed by atoms with van der Waals surface area (Å²) in [6.07, 6.45) is 0. The highest BCUT2D eigenvalue weighted by Crippen LogP contribution is 2.27. The molecule has 0 aliphatic rings. The third-order valence-corrected chi connectivity index (χ3v) is 4.54. The second-order valence-corrected chi connectivity index (χ2v) is 6.76.